The third-order valence-electron chi connectivity index (χ3n) is 3.91. The zero-order chi connectivity index (χ0) is 21.2. The molecule has 6 nitrogen and oxygen atoms in total. The number of carbonyl (C=O) groups excluding carboxylic acids is 2. The molecule has 0 saturated carbocycles. The average Bonchev–Trinajstić information content (AvgIpc) is 2.70. The van der Waals surface area contributed by atoms with Crippen molar-refractivity contribution in [2.24, 2.45) is 0 Å². The number of halogens is 2. The molecule has 0 bridgehead atoms. The Labute approximate surface area is 187 Å². The van der Waals surface area contributed by atoms with E-state index in [2.05, 4.69) is 42.5 Å². The SMILES string of the molecule is CCOc1ccc(C(=O)NCCCNC(=O)c2ccc(OCC)c(Br)c2)cc1Br. The lowest BCUT2D eigenvalue weighted by molar-refractivity contribution is 0.0951. The van der Waals surface area contributed by atoms with Crippen LogP contribution < -0.4 is 20.1 Å². The molecule has 0 unspecified atom stereocenters. The molecule has 0 heterocycles. The van der Waals surface area contributed by atoms with Gasteiger partial charge in [0.1, 0.15) is 11.5 Å². The average molecular weight is 528 g/mol. The summed E-state index contributed by atoms with van der Waals surface area (Å²) >= 11 is 6.80. The lowest BCUT2D eigenvalue weighted by atomic mass is 10.2. The Balaban J connectivity index is 1.75. The molecule has 2 N–H and O–H groups in total. The summed E-state index contributed by atoms with van der Waals surface area (Å²) in [5.41, 5.74) is 1.09. The summed E-state index contributed by atoms with van der Waals surface area (Å²) in [5, 5.41) is 5.69. The molecule has 0 spiro atoms. The van der Waals surface area contributed by atoms with E-state index in [1.165, 1.54) is 0 Å². The van der Waals surface area contributed by atoms with Crippen molar-refractivity contribution in [3.05, 3.63) is 56.5 Å². The van der Waals surface area contributed by atoms with Crippen LogP contribution in [-0.2, 0) is 0 Å². The molecular formula is C21H24Br2N2O4. The van der Waals surface area contributed by atoms with Gasteiger partial charge in [0.15, 0.2) is 0 Å². The number of carbonyl (C=O) groups is 2. The summed E-state index contributed by atoms with van der Waals surface area (Å²) in [5.74, 6) is 1.06. The lowest BCUT2D eigenvalue weighted by Gasteiger charge is -2.10. The Bertz CT molecular complexity index is 789. The summed E-state index contributed by atoms with van der Waals surface area (Å²) in [6, 6.07) is 10.4. The first-order valence-corrected chi connectivity index (χ1v) is 11.0. The number of rotatable bonds is 10. The lowest BCUT2D eigenvalue weighted by Crippen LogP contribution is -2.29. The van der Waals surface area contributed by atoms with Gasteiger partial charge in [0, 0.05) is 24.2 Å². The van der Waals surface area contributed by atoms with Crippen molar-refractivity contribution in [1.82, 2.24) is 10.6 Å². The Hall–Kier alpha value is -2.06. The normalized spacial score (nSPS) is 10.3. The van der Waals surface area contributed by atoms with Crippen molar-refractivity contribution in [1.29, 1.82) is 0 Å². The molecular weight excluding hydrogens is 504 g/mol. The Morgan fingerprint density at radius 2 is 1.21 bits per heavy atom. The van der Waals surface area contributed by atoms with E-state index in [4.69, 9.17) is 9.47 Å². The molecule has 8 heteroatoms. The molecule has 2 aromatic carbocycles. The number of amides is 2. The van der Waals surface area contributed by atoms with Gasteiger partial charge in [0.2, 0.25) is 0 Å². The van der Waals surface area contributed by atoms with Crippen LogP contribution in [0.2, 0.25) is 0 Å². The van der Waals surface area contributed by atoms with Gasteiger partial charge in [0.25, 0.3) is 11.8 Å². The summed E-state index contributed by atoms with van der Waals surface area (Å²) in [4.78, 5) is 24.5. The maximum Gasteiger partial charge on any atom is 0.251 e. The molecule has 2 aromatic rings. The molecule has 0 aliphatic rings. The first kappa shape index (κ1) is 23.2. The third-order valence-corrected chi connectivity index (χ3v) is 5.15. The topological polar surface area (TPSA) is 76.7 Å². The van der Waals surface area contributed by atoms with Gasteiger partial charge in [-0.2, -0.15) is 0 Å². The number of ether oxygens (including phenoxy) is 2. The Morgan fingerprint density at radius 3 is 1.55 bits per heavy atom. The maximum atomic E-state index is 12.2. The number of hydrogen-bond donors (Lipinski definition) is 2. The second-order valence-corrected chi connectivity index (χ2v) is 7.73. The van der Waals surface area contributed by atoms with E-state index in [0.717, 1.165) is 8.95 Å². The van der Waals surface area contributed by atoms with Crippen molar-refractivity contribution >= 4 is 43.7 Å². The monoisotopic (exact) mass is 526 g/mol. The van der Waals surface area contributed by atoms with Gasteiger partial charge in [-0.1, -0.05) is 0 Å². The van der Waals surface area contributed by atoms with E-state index in [1.807, 2.05) is 13.8 Å². The predicted molar refractivity (Wildman–Crippen MR) is 120 cm³/mol. The Morgan fingerprint density at radius 1 is 0.793 bits per heavy atom. The standard InChI is InChI=1S/C21H24Br2N2O4/c1-3-28-18-8-6-14(12-16(18)22)20(26)24-10-5-11-25-21(27)15-7-9-19(29-4-2)17(23)13-15/h6-9,12-13H,3-5,10-11H2,1-2H3,(H,24,26)(H,25,27). The maximum absolute atomic E-state index is 12.2. The molecule has 0 saturated heterocycles. The first-order chi connectivity index (χ1) is 14.0. The van der Waals surface area contributed by atoms with Crippen molar-refractivity contribution in [2.75, 3.05) is 26.3 Å². The molecule has 0 fully saturated rings. The van der Waals surface area contributed by atoms with Crippen LogP contribution in [0.3, 0.4) is 0 Å². The molecule has 0 aliphatic carbocycles. The zero-order valence-electron chi connectivity index (χ0n) is 16.4. The molecule has 2 amide bonds. The van der Waals surface area contributed by atoms with Crippen LogP contribution in [0.5, 0.6) is 11.5 Å². The zero-order valence-corrected chi connectivity index (χ0v) is 19.6. The van der Waals surface area contributed by atoms with Crippen LogP contribution in [0.4, 0.5) is 0 Å². The van der Waals surface area contributed by atoms with E-state index in [1.54, 1.807) is 36.4 Å². The second kappa shape index (κ2) is 11.8. The fourth-order valence-electron chi connectivity index (χ4n) is 2.53. The van der Waals surface area contributed by atoms with Crippen molar-refractivity contribution in [3.8, 4) is 11.5 Å². The van der Waals surface area contributed by atoms with Gasteiger partial charge < -0.3 is 20.1 Å². The van der Waals surface area contributed by atoms with Gasteiger partial charge in [-0.3, -0.25) is 9.59 Å². The van der Waals surface area contributed by atoms with Gasteiger partial charge in [0.05, 0.1) is 22.2 Å². The van der Waals surface area contributed by atoms with Crippen LogP contribution >= 0.6 is 31.9 Å². The van der Waals surface area contributed by atoms with E-state index >= 15 is 0 Å². The summed E-state index contributed by atoms with van der Waals surface area (Å²) in [7, 11) is 0. The van der Waals surface area contributed by atoms with Gasteiger partial charge in [-0.25, -0.2) is 0 Å². The third kappa shape index (κ3) is 7.04. The number of benzene rings is 2. The van der Waals surface area contributed by atoms with Crippen LogP contribution in [0.15, 0.2) is 45.3 Å². The molecule has 0 radical (unpaired) electrons. The van der Waals surface area contributed by atoms with Gasteiger partial charge in [-0.05, 0) is 88.5 Å². The van der Waals surface area contributed by atoms with E-state index in [0.29, 0.717) is 55.4 Å². The fourth-order valence-corrected chi connectivity index (χ4v) is 3.51. The summed E-state index contributed by atoms with van der Waals surface area (Å²) in [6.45, 7) is 5.84. The molecule has 29 heavy (non-hydrogen) atoms. The minimum atomic E-state index is -0.171. The largest absolute Gasteiger partial charge is 0.493 e. The van der Waals surface area contributed by atoms with Gasteiger partial charge in [-0.15, -0.1) is 0 Å². The van der Waals surface area contributed by atoms with Crippen molar-refractivity contribution in [2.45, 2.75) is 20.3 Å². The number of hydrogen-bond acceptors (Lipinski definition) is 4. The first-order valence-electron chi connectivity index (χ1n) is 9.37. The highest BCUT2D eigenvalue weighted by Crippen LogP contribution is 2.26. The van der Waals surface area contributed by atoms with E-state index in [9.17, 15) is 9.59 Å². The highest BCUT2D eigenvalue weighted by atomic mass is 79.9. The number of nitrogens with one attached hydrogen (secondary N) is 2. The molecule has 0 atom stereocenters. The second-order valence-electron chi connectivity index (χ2n) is 6.02. The fraction of sp³-hybridized carbons (Fsp3) is 0.333. The predicted octanol–water partition coefficient (Wildman–Crippen LogP) is 4.56. The van der Waals surface area contributed by atoms with E-state index < -0.39 is 0 Å². The smallest absolute Gasteiger partial charge is 0.251 e. The highest BCUT2D eigenvalue weighted by Gasteiger charge is 2.10. The molecule has 156 valence electrons. The molecule has 0 aromatic heterocycles. The molecule has 0 aliphatic heterocycles. The highest BCUT2D eigenvalue weighted by molar-refractivity contribution is 9.10. The van der Waals surface area contributed by atoms with Crippen molar-refractivity contribution < 1.29 is 19.1 Å². The molecule has 2 rings (SSSR count). The minimum absolute atomic E-state index is 0.171. The van der Waals surface area contributed by atoms with Crippen LogP contribution in [0.1, 0.15) is 41.0 Å². The van der Waals surface area contributed by atoms with E-state index in [-0.39, 0.29) is 11.8 Å². The Kier molecular flexibility index (Phi) is 9.47. The van der Waals surface area contributed by atoms with Crippen molar-refractivity contribution in [3.63, 3.8) is 0 Å². The summed E-state index contributed by atoms with van der Waals surface area (Å²) in [6.07, 6.45) is 0.619. The van der Waals surface area contributed by atoms with Crippen LogP contribution in [0.25, 0.3) is 0 Å². The minimum Gasteiger partial charge on any atom is -0.493 e. The summed E-state index contributed by atoms with van der Waals surface area (Å²) < 4.78 is 12.4. The quantitative estimate of drug-likeness (QED) is 0.444. The van der Waals surface area contributed by atoms with Crippen LogP contribution in [0, 0.1) is 0 Å². The van der Waals surface area contributed by atoms with Crippen LogP contribution in [-0.4, -0.2) is 38.1 Å². The van der Waals surface area contributed by atoms with Gasteiger partial charge >= 0.3 is 0 Å².